The number of aromatic nitrogens is 1. The van der Waals surface area contributed by atoms with Crippen molar-refractivity contribution < 1.29 is 4.79 Å². The van der Waals surface area contributed by atoms with Crippen LogP contribution in [0.15, 0.2) is 23.2 Å². The number of hydrogen-bond acceptors (Lipinski definition) is 2. The van der Waals surface area contributed by atoms with Gasteiger partial charge in [-0.2, -0.15) is 0 Å². The lowest BCUT2D eigenvalue weighted by atomic mass is 9.84. The van der Waals surface area contributed by atoms with E-state index >= 15 is 0 Å². The molecule has 0 radical (unpaired) electrons. The number of guanidine groups is 1. The molecule has 1 saturated carbocycles. The third kappa shape index (κ3) is 4.01. The third-order valence-electron chi connectivity index (χ3n) is 6.07. The van der Waals surface area contributed by atoms with Crippen LogP contribution in [0.2, 0.25) is 0 Å². The van der Waals surface area contributed by atoms with E-state index in [0.29, 0.717) is 13.1 Å². The molecular formula is C22H33N5O. The van der Waals surface area contributed by atoms with E-state index in [9.17, 15) is 4.79 Å². The highest BCUT2D eigenvalue weighted by Gasteiger charge is 2.42. The number of carbonyl (C=O) groups is 1. The highest BCUT2D eigenvalue weighted by molar-refractivity contribution is 5.86. The average molecular weight is 384 g/mol. The molecule has 0 unspecified atom stereocenters. The van der Waals surface area contributed by atoms with Crippen LogP contribution in [0.4, 0.5) is 0 Å². The summed E-state index contributed by atoms with van der Waals surface area (Å²) in [7, 11) is 5.46. The Bertz CT molecular complexity index is 874. The quantitative estimate of drug-likeness (QED) is 0.549. The van der Waals surface area contributed by atoms with Crippen LogP contribution >= 0.6 is 0 Å². The Kier molecular flexibility index (Phi) is 5.96. The predicted octanol–water partition coefficient (Wildman–Crippen LogP) is 3.10. The lowest BCUT2D eigenvalue weighted by Crippen LogP contribution is -2.49. The Hall–Kier alpha value is -2.50. The zero-order valence-electron chi connectivity index (χ0n) is 17.8. The van der Waals surface area contributed by atoms with Crippen molar-refractivity contribution in [2.24, 2.45) is 10.4 Å². The fourth-order valence-electron chi connectivity index (χ4n) is 4.27. The molecule has 3 rings (SSSR count). The molecule has 3 N–H and O–H groups in total. The summed E-state index contributed by atoms with van der Waals surface area (Å²) in [6, 6.07) is 6.49. The number of aromatic amines is 1. The summed E-state index contributed by atoms with van der Waals surface area (Å²) in [5, 5.41) is 8.05. The van der Waals surface area contributed by atoms with Crippen LogP contribution in [-0.2, 0) is 11.3 Å². The monoisotopic (exact) mass is 383 g/mol. The van der Waals surface area contributed by atoms with Gasteiger partial charge in [-0.15, -0.1) is 0 Å². The van der Waals surface area contributed by atoms with E-state index in [1.807, 2.05) is 14.1 Å². The predicted molar refractivity (Wildman–Crippen MR) is 116 cm³/mol. The molecule has 6 nitrogen and oxygen atoms in total. The molecule has 1 fully saturated rings. The van der Waals surface area contributed by atoms with E-state index in [2.05, 4.69) is 52.7 Å². The first-order valence-corrected chi connectivity index (χ1v) is 10.1. The number of carbonyl (C=O) groups excluding carboxylic acids is 1. The molecule has 0 aliphatic heterocycles. The number of nitrogens with one attached hydrogen (secondary N) is 3. The van der Waals surface area contributed by atoms with E-state index in [4.69, 9.17) is 0 Å². The second-order valence-corrected chi connectivity index (χ2v) is 8.22. The Labute approximate surface area is 167 Å². The fourth-order valence-corrected chi connectivity index (χ4v) is 4.27. The first kappa shape index (κ1) is 20.2. The number of hydrogen-bond donors (Lipinski definition) is 3. The van der Waals surface area contributed by atoms with E-state index < -0.39 is 0 Å². The Morgan fingerprint density at radius 2 is 1.93 bits per heavy atom. The van der Waals surface area contributed by atoms with Crippen molar-refractivity contribution in [1.82, 2.24) is 20.5 Å². The number of H-pyrrole nitrogens is 1. The van der Waals surface area contributed by atoms with Crippen molar-refractivity contribution in [2.75, 3.05) is 27.7 Å². The summed E-state index contributed by atoms with van der Waals surface area (Å²) in [5.41, 5.74) is 4.58. The summed E-state index contributed by atoms with van der Waals surface area (Å²) < 4.78 is 0. The highest BCUT2D eigenvalue weighted by Crippen LogP contribution is 2.38. The maximum atomic E-state index is 12.7. The number of amides is 1. The minimum absolute atomic E-state index is 0.219. The Morgan fingerprint density at radius 1 is 1.21 bits per heavy atom. The smallest absolute Gasteiger partial charge is 0.230 e. The lowest BCUT2D eigenvalue weighted by molar-refractivity contribution is -0.138. The van der Waals surface area contributed by atoms with Gasteiger partial charge in [0.05, 0.1) is 5.41 Å². The maximum Gasteiger partial charge on any atom is 0.230 e. The number of aryl methyl sites for hydroxylation is 2. The number of benzene rings is 1. The second kappa shape index (κ2) is 8.25. The zero-order chi connectivity index (χ0) is 20.3. The molecular weight excluding hydrogens is 350 g/mol. The molecule has 0 saturated heterocycles. The van der Waals surface area contributed by atoms with Gasteiger partial charge < -0.3 is 20.5 Å². The topological polar surface area (TPSA) is 72.5 Å². The molecule has 0 spiro atoms. The van der Waals surface area contributed by atoms with Crippen LogP contribution in [0, 0.1) is 19.3 Å². The van der Waals surface area contributed by atoms with Crippen LogP contribution in [0.25, 0.3) is 10.9 Å². The van der Waals surface area contributed by atoms with Gasteiger partial charge in [0.1, 0.15) is 0 Å². The fraction of sp³-hybridized carbons (Fsp3) is 0.545. The molecule has 152 valence electrons. The molecule has 1 aliphatic carbocycles. The molecule has 1 aromatic heterocycles. The first-order valence-electron chi connectivity index (χ1n) is 10.1. The summed E-state index contributed by atoms with van der Waals surface area (Å²) in [6.07, 6.45) is 4.11. The summed E-state index contributed by atoms with van der Waals surface area (Å²) in [4.78, 5) is 22.2. The third-order valence-corrected chi connectivity index (χ3v) is 6.07. The summed E-state index contributed by atoms with van der Waals surface area (Å²) >= 11 is 0. The standard InChI is InChI=1S/C22H33N5O/c1-15-16(2)26-19-9-8-17(12-18(15)19)13-24-21(23-3)25-14-22(10-6-7-11-22)20(28)27(4)5/h8-9,12,26H,6-7,10-11,13-14H2,1-5H3,(H2,23,24,25). The van der Waals surface area contributed by atoms with Gasteiger partial charge >= 0.3 is 0 Å². The summed E-state index contributed by atoms with van der Waals surface area (Å²) in [6.45, 7) is 5.56. The van der Waals surface area contributed by atoms with Crippen molar-refractivity contribution >= 4 is 22.8 Å². The van der Waals surface area contributed by atoms with Crippen LogP contribution in [0.3, 0.4) is 0 Å². The van der Waals surface area contributed by atoms with Gasteiger partial charge in [0.25, 0.3) is 0 Å². The first-order chi connectivity index (χ1) is 13.4. The molecule has 28 heavy (non-hydrogen) atoms. The van der Waals surface area contributed by atoms with E-state index in [-0.39, 0.29) is 11.3 Å². The molecule has 1 aromatic carbocycles. The number of aliphatic imine (C=N–C) groups is 1. The van der Waals surface area contributed by atoms with Gasteiger partial charge in [0.15, 0.2) is 5.96 Å². The van der Waals surface area contributed by atoms with Crippen LogP contribution in [-0.4, -0.2) is 49.4 Å². The molecule has 0 bridgehead atoms. The minimum Gasteiger partial charge on any atom is -0.358 e. The Morgan fingerprint density at radius 3 is 2.57 bits per heavy atom. The Balaban J connectivity index is 1.63. The van der Waals surface area contributed by atoms with Crippen molar-refractivity contribution in [2.45, 2.75) is 46.1 Å². The number of rotatable bonds is 5. The van der Waals surface area contributed by atoms with Gasteiger partial charge in [-0.25, -0.2) is 0 Å². The van der Waals surface area contributed by atoms with Crippen LogP contribution in [0.5, 0.6) is 0 Å². The number of fused-ring (bicyclic) bond motifs is 1. The van der Waals surface area contributed by atoms with Crippen molar-refractivity contribution in [1.29, 1.82) is 0 Å². The van der Waals surface area contributed by atoms with Gasteiger partial charge in [0, 0.05) is 50.8 Å². The largest absolute Gasteiger partial charge is 0.358 e. The van der Waals surface area contributed by atoms with E-state index in [1.54, 1.807) is 11.9 Å². The van der Waals surface area contributed by atoms with Gasteiger partial charge in [-0.3, -0.25) is 9.79 Å². The van der Waals surface area contributed by atoms with E-state index in [1.165, 1.54) is 27.7 Å². The normalized spacial score (nSPS) is 16.4. The SMILES string of the molecule is CN=C(NCc1ccc2[nH]c(C)c(C)c2c1)NCC1(C(=O)N(C)C)CCCC1. The van der Waals surface area contributed by atoms with Crippen molar-refractivity contribution in [3.05, 3.63) is 35.0 Å². The van der Waals surface area contributed by atoms with Gasteiger partial charge in [-0.05, 0) is 49.9 Å². The van der Waals surface area contributed by atoms with Crippen LogP contribution < -0.4 is 10.6 Å². The van der Waals surface area contributed by atoms with Gasteiger partial charge in [-0.1, -0.05) is 18.9 Å². The lowest BCUT2D eigenvalue weighted by Gasteiger charge is -2.31. The average Bonchev–Trinajstić information content (AvgIpc) is 3.27. The molecule has 0 atom stereocenters. The highest BCUT2D eigenvalue weighted by atomic mass is 16.2. The van der Waals surface area contributed by atoms with Crippen LogP contribution in [0.1, 0.15) is 42.5 Å². The molecule has 1 aliphatic rings. The minimum atomic E-state index is -0.306. The molecule has 1 amide bonds. The molecule has 2 aromatic rings. The second-order valence-electron chi connectivity index (χ2n) is 8.22. The molecule has 1 heterocycles. The van der Waals surface area contributed by atoms with E-state index in [0.717, 1.165) is 31.6 Å². The molecule has 6 heteroatoms. The van der Waals surface area contributed by atoms with Crippen molar-refractivity contribution in [3.63, 3.8) is 0 Å². The maximum absolute atomic E-state index is 12.7. The summed E-state index contributed by atoms with van der Waals surface area (Å²) in [5.74, 6) is 0.955. The number of nitrogens with zero attached hydrogens (tertiary/aromatic N) is 2. The van der Waals surface area contributed by atoms with Crippen molar-refractivity contribution in [3.8, 4) is 0 Å². The zero-order valence-corrected chi connectivity index (χ0v) is 17.8. The van der Waals surface area contributed by atoms with Gasteiger partial charge in [0.2, 0.25) is 5.91 Å².